The molecule has 3 rings (SSSR count). The number of likely N-dealkylation sites (N-methyl/N-ethyl adjacent to an activating group) is 1. The lowest BCUT2D eigenvalue weighted by molar-refractivity contribution is -0.137. The second kappa shape index (κ2) is 9.99. The molecule has 1 N–H and O–H groups in total. The third-order valence-corrected chi connectivity index (χ3v) is 6.77. The maximum atomic E-state index is 13.1. The van der Waals surface area contributed by atoms with Crippen molar-refractivity contribution in [2.45, 2.75) is 17.6 Å². The molecule has 0 aromatic heterocycles. The molecular weight excluding hydrogens is 447 g/mol. The molecule has 2 aromatic carbocycles. The Morgan fingerprint density at radius 3 is 2.50 bits per heavy atom. The summed E-state index contributed by atoms with van der Waals surface area (Å²) < 4.78 is 71.5. The highest BCUT2D eigenvalue weighted by molar-refractivity contribution is 7.89. The highest BCUT2D eigenvalue weighted by Crippen LogP contribution is 2.34. The summed E-state index contributed by atoms with van der Waals surface area (Å²) in [6.07, 6.45) is -4.58. The Morgan fingerprint density at radius 2 is 1.81 bits per heavy atom. The number of amides is 1. The van der Waals surface area contributed by atoms with Gasteiger partial charge in [-0.05, 0) is 36.9 Å². The van der Waals surface area contributed by atoms with Gasteiger partial charge in [0.15, 0.2) is 0 Å². The number of sulfonamides is 1. The SMILES string of the molecule is CN(CC(=O)Nc1ccccc1C(F)(F)F)Cc1cccc(S(=O)(=O)N2CCOCC2)c1. The zero-order valence-electron chi connectivity index (χ0n) is 17.4. The van der Waals surface area contributed by atoms with Crippen LogP contribution in [-0.2, 0) is 32.3 Å². The molecule has 2 aromatic rings. The Kier molecular flexibility index (Phi) is 7.55. The first-order chi connectivity index (χ1) is 15.1. The fraction of sp³-hybridized carbons (Fsp3) is 0.381. The number of ether oxygens (including phenoxy) is 1. The Bertz CT molecular complexity index is 1050. The van der Waals surface area contributed by atoms with Crippen molar-refractivity contribution in [3.63, 3.8) is 0 Å². The Hall–Kier alpha value is -2.47. The highest BCUT2D eigenvalue weighted by atomic mass is 32.2. The molecule has 0 unspecified atom stereocenters. The van der Waals surface area contributed by atoms with E-state index in [1.165, 1.54) is 34.6 Å². The van der Waals surface area contributed by atoms with E-state index in [-0.39, 0.29) is 36.8 Å². The lowest BCUT2D eigenvalue weighted by atomic mass is 10.1. The van der Waals surface area contributed by atoms with Crippen molar-refractivity contribution < 1.29 is 31.1 Å². The Balaban J connectivity index is 1.64. The van der Waals surface area contributed by atoms with Crippen LogP contribution in [0.1, 0.15) is 11.1 Å². The third-order valence-electron chi connectivity index (χ3n) is 4.88. The minimum atomic E-state index is -4.58. The van der Waals surface area contributed by atoms with E-state index in [1.54, 1.807) is 24.1 Å². The van der Waals surface area contributed by atoms with Crippen LogP contribution in [0.5, 0.6) is 0 Å². The van der Waals surface area contributed by atoms with Crippen molar-refractivity contribution in [2.75, 3.05) is 45.2 Å². The van der Waals surface area contributed by atoms with E-state index in [0.29, 0.717) is 18.8 Å². The normalized spacial score (nSPS) is 15.7. The van der Waals surface area contributed by atoms with Crippen molar-refractivity contribution in [3.05, 3.63) is 59.7 Å². The maximum absolute atomic E-state index is 13.1. The average molecular weight is 472 g/mol. The van der Waals surface area contributed by atoms with E-state index < -0.39 is 27.7 Å². The van der Waals surface area contributed by atoms with Gasteiger partial charge in [-0.15, -0.1) is 0 Å². The Morgan fingerprint density at radius 1 is 1.12 bits per heavy atom. The molecule has 1 aliphatic rings. The second-order valence-corrected chi connectivity index (χ2v) is 9.37. The van der Waals surface area contributed by atoms with Crippen LogP contribution >= 0.6 is 0 Å². The number of morpholine rings is 1. The molecule has 11 heteroatoms. The summed E-state index contributed by atoms with van der Waals surface area (Å²) in [5, 5.41) is 2.30. The summed E-state index contributed by atoms with van der Waals surface area (Å²) in [6, 6.07) is 11.2. The van der Waals surface area contributed by atoms with Crippen LogP contribution in [0.25, 0.3) is 0 Å². The van der Waals surface area contributed by atoms with E-state index in [0.717, 1.165) is 6.07 Å². The van der Waals surface area contributed by atoms with Crippen LogP contribution in [0, 0.1) is 0 Å². The number of hydrogen-bond acceptors (Lipinski definition) is 5. The fourth-order valence-electron chi connectivity index (χ4n) is 3.38. The predicted octanol–water partition coefficient (Wildman–Crippen LogP) is 2.80. The number of halogens is 3. The molecule has 1 amide bonds. The molecule has 0 radical (unpaired) electrons. The van der Waals surface area contributed by atoms with Crippen molar-refractivity contribution in [1.82, 2.24) is 9.21 Å². The smallest absolute Gasteiger partial charge is 0.379 e. The summed E-state index contributed by atoms with van der Waals surface area (Å²) in [4.78, 5) is 14.0. The summed E-state index contributed by atoms with van der Waals surface area (Å²) in [5.41, 5.74) is -0.570. The number of anilines is 1. The predicted molar refractivity (Wildman–Crippen MR) is 112 cm³/mol. The molecule has 0 aliphatic carbocycles. The van der Waals surface area contributed by atoms with E-state index in [9.17, 15) is 26.4 Å². The van der Waals surface area contributed by atoms with Gasteiger partial charge in [-0.2, -0.15) is 17.5 Å². The number of carbonyl (C=O) groups is 1. The van der Waals surface area contributed by atoms with Crippen LogP contribution in [0.2, 0.25) is 0 Å². The van der Waals surface area contributed by atoms with Gasteiger partial charge in [0.25, 0.3) is 0 Å². The standard InChI is InChI=1S/C21H24F3N3O4S/c1-26(15-20(28)25-19-8-3-2-7-18(19)21(22,23)24)14-16-5-4-6-17(13-16)32(29,30)27-9-11-31-12-10-27/h2-8,13H,9-12,14-15H2,1H3,(H,25,28). The van der Waals surface area contributed by atoms with Gasteiger partial charge in [-0.3, -0.25) is 9.69 Å². The van der Waals surface area contributed by atoms with E-state index in [1.807, 2.05) is 0 Å². The van der Waals surface area contributed by atoms with Gasteiger partial charge in [0.2, 0.25) is 15.9 Å². The number of rotatable bonds is 7. The number of benzene rings is 2. The maximum Gasteiger partial charge on any atom is 0.418 e. The van der Waals surface area contributed by atoms with E-state index in [2.05, 4.69) is 5.32 Å². The third kappa shape index (κ3) is 6.06. The monoisotopic (exact) mass is 471 g/mol. The van der Waals surface area contributed by atoms with Gasteiger partial charge in [0, 0.05) is 19.6 Å². The summed E-state index contributed by atoms with van der Waals surface area (Å²) in [6.45, 7) is 1.31. The first-order valence-electron chi connectivity index (χ1n) is 9.89. The first-order valence-corrected chi connectivity index (χ1v) is 11.3. The summed E-state index contributed by atoms with van der Waals surface area (Å²) in [5.74, 6) is -0.610. The summed E-state index contributed by atoms with van der Waals surface area (Å²) in [7, 11) is -2.03. The minimum Gasteiger partial charge on any atom is -0.379 e. The molecule has 0 spiro atoms. The molecule has 1 aliphatic heterocycles. The zero-order valence-corrected chi connectivity index (χ0v) is 18.2. The number of para-hydroxylation sites is 1. The molecule has 1 fully saturated rings. The highest BCUT2D eigenvalue weighted by Gasteiger charge is 2.33. The van der Waals surface area contributed by atoms with Gasteiger partial charge in [0.1, 0.15) is 0 Å². The number of hydrogen-bond donors (Lipinski definition) is 1. The summed E-state index contributed by atoms with van der Waals surface area (Å²) >= 11 is 0. The van der Waals surface area contributed by atoms with Gasteiger partial charge < -0.3 is 10.1 Å². The molecule has 1 saturated heterocycles. The van der Waals surface area contributed by atoms with Crippen LogP contribution in [-0.4, -0.2) is 63.4 Å². The molecule has 0 saturated carbocycles. The van der Waals surface area contributed by atoms with Crippen LogP contribution in [0.4, 0.5) is 18.9 Å². The number of alkyl halides is 3. The topological polar surface area (TPSA) is 79.0 Å². The largest absolute Gasteiger partial charge is 0.418 e. The minimum absolute atomic E-state index is 0.147. The lowest BCUT2D eigenvalue weighted by Gasteiger charge is -2.26. The molecule has 0 bridgehead atoms. The Labute approximate surface area is 184 Å². The second-order valence-electron chi connectivity index (χ2n) is 7.43. The molecule has 174 valence electrons. The average Bonchev–Trinajstić information content (AvgIpc) is 2.74. The van der Waals surface area contributed by atoms with Crippen LogP contribution < -0.4 is 5.32 Å². The van der Waals surface area contributed by atoms with Crippen molar-refractivity contribution in [3.8, 4) is 0 Å². The molecule has 7 nitrogen and oxygen atoms in total. The quantitative estimate of drug-likeness (QED) is 0.672. The zero-order chi connectivity index (χ0) is 23.4. The van der Waals surface area contributed by atoms with Crippen molar-refractivity contribution in [1.29, 1.82) is 0 Å². The molecule has 0 atom stereocenters. The van der Waals surface area contributed by atoms with Gasteiger partial charge in [-0.25, -0.2) is 8.42 Å². The number of carbonyl (C=O) groups excluding carboxylic acids is 1. The molecule has 1 heterocycles. The first kappa shape index (κ1) is 24.2. The van der Waals surface area contributed by atoms with Crippen molar-refractivity contribution in [2.24, 2.45) is 0 Å². The van der Waals surface area contributed by atoms with Gasteiger partial charge in [-0.1, -0.05) is 24.3 Å². The fourth-order valence-corrected chi connectivity index (χ4v) is 4.86. The lowest BCUT2D eigenvalue weighted by Crippen LogP contribution is -2.40. The van der Waals surface area contributed by atoms with E-state index >= 15 is 0 Å². The van der Waals surface area contributed by atoms with Crippen molar-refractivity contribution >= 4 is 21.6 Å². The molecule has 32 heavy (non-hydrogen) atoms. The number of nitrogens with zero attached hydrogens (tertiary/aromatic N) is 2. The van der Waals surface area contributed by atoms with Crippen LogP contribution in [0.3, 0.4) is 0 Å². The van der Waals surface area contributed by atoms with Gasteiger partial charge in [0.05, 0.1) is 35.9 Å². The number of nitrogens with one attached hydrogen (secondary N) is 1. The molecular formula is C21H24F3N3O4S. The van der Waals surface area contributed by atoms with Crippen LogP contribution in [0.15, 0.2) is 53.4 Å². The van der Waals surface area contributed by atoms with Gasteiger partial charge >= 0.3 is 6.18 Å². The van der Waals surface area contributed by atoms with E-state index in [4.69, 9.17) is 4.74 Å².